The van der Waals surface area contributed by atoms with Crippen molar-refractivity contribution in [2.75, 3.05) is 12.3 Å². The molecule has 2 aliphatic carbocycles. The maximum atomic E-state index is 7.45. The zero-order valence-corrected chi connectivity index (χ0v) is 10.0. The number of hydrogen-bond acceptors (Lipinski definition) is 2. The highest BCUT2D eigenvalue weighted by molar-refractivity contribution is 7.81. The summed E-state index contributed by atoms with van der Waals surface area (Å²) in [5.74, 6) is 3.94. The highest BCUT2D eigenvalue weighted by atomic mass is 35.5. The molecule has 0 aromatic rings. The average molecular weight is 235 g/mol. The molecule has 2 nitrogen and oxygen atoms in total. The van der Waals surface area contributed by atoms with E-state index in [1.165, 1.54) is 25.7 Å². The number of rotatable bonds is 3. The van der Waals surface area contributed by atoms with Crippen LogP contribution in [-0.4, -0.2) is 18.1 Å². The molecule has 2 aliphatic rings. The van der Waals surface area contributed by atoms with Gasteiger partial charge in [0.15, 0.2) is 0 Å². The Morgan fingerprint density at radius 2 is 2.14 bits per heavy atom. The first-order chi connectivity index (χ1) is 6.29. The fourth-order valence-corrected chi connectivity index (χ4v) is 3.05. The summed E-state index contributed by atoms with van der Waals surface area (Å²) in [4.78, 5) is 0. The van der Waals surface area contributed by atoms with Gasteiger partial charge in [0.05, 0.1) is 0 Å². The third kappa shape index (κ3) is 2.57. The van der Waals surface area contributed by atoms with Gasteiger partial charge in [0, 0.05) is 12.3 Å². The van der Waals surface area contributed by atoms with Crippen molar-refractivity contribution in [2.45, 2.75) is 25.7 Å². The van der Waals surface area contributed by atoms with Gasteiger partial charge in [-0.25, -0.2) is 0 Å². The van der Waals surface area contributed by atoms with E-state index in [-0.39, 0.29) is 12.4 Å². The third-order valence-electron chi connectivity index (χ3n) is 3.62. The van der Waals surface area contributed by atoms with Gasteiger partial charge in [-0.05, 0) is 37.0 Å². The van der Waals surface area contributed by atoms with E-state index < -0.39 is 0 Å². The molecule has 2 rings (SSSR count). The van der Waals surface area contributed by atoms with Gasteiger partial charge in [0.2, 0.25) is 0 Å². The van der Waals surface area contributed by atoms with Gasteiger partial charge >= 0.3 is 0 Å². The largest absolute Gasteiger partial charge is 0.373 e. The summed E-state index contributed by atoms with van der Waals surface area (Å²) in [6.07, 6.45) is 5.76. The Balaban J connectivity index is 0.000000980. The lowest BCUT2D eigenvalue weighted by Crippen LogP contribution is -2.31. The zero-order chi connectivity index (χ0) is 9.26. The first-order valence-electron chi connectivity index (χ1n) is 5.21. The minimum Gasteiger partial charge on any atom is -0.373 e. The quantitative estimate of drug-likeness (QED) is 0.391. The maximum Gasteiger partial charge on any atom is 0.103 e. The second-order valence-corrected chi connectivity index (χ2v) is 4.77. The molecule has 0 heterocycles. The van der Waals surface area contributed by atoms with Crippen LogP contribution in [0.5, 0.6) is 0 Å². The standard InChI is InChI=1S/C10H18N2S.ClH/c11-10(6-13)12-5-9-4-7-1-2-8(9)3-7;/h7-9,13H,1-6H2,(H2,11,12);1H. The van der Waals surface area contributed by atoms with Crippen molar-refractivity contribution >= 4 is 30.9 Å². The van der Waals surface area contributed by atoms with Crippen molar-refractivity contribution in [3.05, 3.63) is 0 Å². The molecule has 0 aliphatic heterocycles. The Morgan fingerprint density at radius 1 is 1.36 bits per heavy atom. The molecule has 2 bridgehead atoms. The summed E-state index contributed by atoms with van der Waals surface area (Å²) < 4.78 is 0. The fraction of sp³-hybridized carbons (Fsp3) is 0.900. The summed E-state index contributed by atoms with van der Waals surface area (Å²) in [7, 11) is 0. The SMILES string of the molecule is Cl.N=C(CS)NCC1CC2CCC1C2. The van der Waals surface area contributed by atoms with Crippen LogP contribution in [0.1, 0.15) is 25.7 Å². The molecular weight excluding hydrogens is 216 g/mol. The molecule has 4 heteroatoms. The highest BCUT2D eigenvalue weighted by Gasteiger charge is 2.38. The van der Waals surface area contributed by atoms with Gasteiger partial charge in [-0.3, -0.25) is 5.41 Å². The lowest BCUT2D eigenvalue weighted by molar-refractivity contribution is 0.332. The predicted molar refractivity (Wildman–Crippen MR) is 65.8 cm³/mol. The van der Waals surface area contributed by atoms with E-state index in [1.807, 2.05) is 0 Å². The minimum atomic E-state index is 0. The number of fused-ring (bicyclic) bond motifs is 2. The summed E-state index contributed by atoms with van der Waals surface area (Å²) in [6.45, 7) is 1.01. The Bertz CT molecular complexity index is 210. The molecule has 82 valence electrons. The van der Waals surface area contributed by atoms with Crippen molar-refractivity contribution in [2.24, 2.45) is 17.8 Å². The number of hydrogen-bond donors (Lipinski definition) is 3. The van der Waals surface area contributed by atoms with Gasteiger partial charge in [-0.2, -0.15) is 12.6 Å². The Labute approximate surface area is 97.6 Å². The van der Waals surface area contributed by atoms with Crippen molar-refractivity contribution in [3.8, 4) is 0 Å². The Morgan fingerprint density at radius 3 is 2.64 bits per heavy atom. The molecule has 0 saturated heterocycles. The molecule has 3 atom stereocenters. The Kier molecular flexibility index (Phi) is 4.58. The smallest absolute Gasteiger partial charge is 0.103 e. The molecule has 2 N–H and O–H groups in total. The first kappa shape index (κ1) is 12.2. The van der Waals surface area contributed by atoms with E-state index in [0.29, 0.717) is 11.6 Å². The van der Waals surface area contributed by atoms with Crippen LogP contribution in [0.4, 0.5) is 0 Å². The van der Waals surface area contributed by atoms with Crippen LogP contribution in [0.3, 0.4) is 0 Å². The molecule has 2 fully saturated rings. The van der Waals surface area contributed by atoms with Gasteiger partial charge in [-0.15, -0.1) is 12.4 Å². The average Bonchev–Trinajstić information content (AvgIpc) is 2.74. The molecule has 0 amide bonds. The first-order valence-corrected chi connectivity index (χ1v) is 5.85. The van der Waals surface area contributed by atoms with E-state index in [2.05, 4.69) is 17.9 Å². The molecule has 0 aromatic heterocycles. The maximum absolute atomic E-state index is 7.45. The monoisotopic (exact) mass is 234 g/mol. The van der Waals surface area contributed by atoms with Crippen LogP contribution in [-0.2, 0) is 0 Å². The van der Waals surface area contributed by atoms with Gasteiger partial charge < -0.3 is 5.32 Å². The fourth-order valence-electron chi connectivity index (χ4n) is 2.94. The number of nitrogens with one attached hydrogen (secondary N) is 2. The number of amidine groups is 1. The van der Waals surface area contributed by atoms with Crippen LogP contribution in [0.25, 0.3) is 0 Å². The van der Waals surface area contributed by atoms with Crippen LogP contribution in [0, 0.1) is 23.2 Å². The molecule has 3 unspecified atom stereocenters. The second kappa shape index (κ2) is 5.26. The topological polar surface area (TPSA) is 35.9 Å². The van der Waals surface area contributed by atoms with Crippen molar-refractivity contribution in [3.63, 3.8) is 0 Å². The molecule has 14 heavy (non-hydrogen) atoms. The van der Waals surface area contributed by atoms with Crippen LogP contribution in [0.2, 0.25) is 0 Å². The zero-order valence-electron chi connectivity index (χ0n) is 8.33. The van der Waals surface area contributed by atoms with Gasteiger partial charge in [0.1, 0.15) is 5.84 Å². The summed E-state index contributed by atoms with van der Waals surface area (Å²) in [6, 6.07) is 0. The number of thiol groups is 1. The van der Waals surface area contributed by atoms with Gasteiger partial charge in [0.25, 0.3) is 0 Å². The van der Waals surface area contributed by atoms with E-state index in [0.717, 1.165) is 24.3 Å². The lowest BCUT2D eigenvalue weighted by atomic mass is 9.89. The van der Waals surface area contributed by atoms with Crippen molar-refractivity contribution in [1.29, 1.82) is 5.41 Å². The summed E-state index contributed by atoms with van der Waals surface area (Å²) in [5.41, 5.74) is 0. The Hall–Kier alpha value is 0.110. The van der Waals surface area contributed by atoms with Crippen molar-refractivity contribution in [1.82, 2.24) is 5.32 Å². The van der Waals surface area contributed by atoms with Crippen LogP contribution < -0.4 is 5.32 Å². The van der Waals surface area contributed by atoms with Crippen LogP contribution in [0.15, 0.2) is 0 Å². The molecule has 2 saturated carbocycles. The van der Waals surface area contributed by atoms with Crippen molar-refractivity contribution < 1.29 is 0 Å². The van der Waals surface area contributed by atoms with Crippen LogP contribution >= 0.6 is 25.0 Å². The molecular formula is C10H19ClN2S. The predicted octanol–water partition coefficient (Wildman–Crippen LogP) is 2.34. The van der Waals surface area contributed by atoms with E-state index in [1.54, 1.807) is 0 Å². The molecule has 0 spiro atoms. The second-order valence-electron chi connectivity index (χ2n) is 4.45. The van der Waals surface area contributed by atoms with Gasteiger partial charge in [-0.1, -0.05) is 6.42 Å². The van der Waals surface area contributed by atoms with E-state index >= 15 is 0 Å². The molecule has 0 radical (unpaired) electrons. The summed E-state index contributed by atoms with van der Waals surface area (Å²) in [5, 5.41) is 10.6. The highest BCUT2D eigenvalue weighted by Crippen LogP contribution is 2.47. The number of halogens is 1. The normalized spacial score (nSPS) is 33.9. The van der Waals surface area contributed by atoms with E-state index in [9.17, 15) is 0 Å². The molecule has 0 aromatic carbocycles. The lowest BCUT2D eigenvalue weighted by Gasteiger charge is -2.22. The van der Waals surface area contributed by atoms with E-state index in [4.69, 9.17) is 5.41 Å². The third-order valence-corrected chi connectivity index (χ3v) is 3.94. The summed E-state index contributed by atoms with van der Waals surface area (Å²) >= 11 is 4.06. The minimum absolute atomic E-state index is 0.